The van der Waals surface area contributed by atoms with Gasteiger partial charge in [0.1, 0.15) is 5.75 Å². The smallest absolute Gasteiger partial charge is 0.317 e. The minimum atomic E-state index is 0.0616. The van der Waals surface area contributed by atoms with Crippen molar-refractivity contribution in [3.63, 3.8) is 0 Å². The maximum atomic E-state index is 12.1. The molecule has 0 aliphatic carbocycles. The van der Waals surface area contributed by atoms with Gasteiger partial charge in [-0.15, -0.1) is 0 Å². The number of piperidine rings is 1. The van der Waals surface area contributed by atoms with Crippen LogP contribution in [0.3, 0.4) is 0 Å². The highest BCUT2D eigenvalue weighted by atomic mass is 16.5. The van der Waals surface area contributed by atoms with Crippen molar-refractivity contribution in [1.82, 2.24) is 15.2 Å². The minimum absolute atomic E-state index is 0.0616. The number of amides is 2. The molecule has 3 rings (SSSR count). The van der Waals surface area contributed by atoms with Gasteiger partial charge < -0.3 is 19.9 Å². The van der Waals surface area contributed by atoms with Gasteiger partial charge in [0.15, 0.2) is 0 Å². The highest BCUT2D eigenvalue weighted by Crippen LogP contribution is 2.28. The first-order valence-electron chi connectivity index (χ1n) is 7.95. The Morgan fingerprint density at radius 2 is 2.14 bits per heavy atom. The summed E-state index contributed by atoms with van der Waals surface area (Å²) in [5, 5.41) is 4.13. The van der Waals surface area contributed by atoms with E-state index in [9.17, 15) is 4.79 Å². The lowest BCUT2D eigenvalue weighted by molar-refractivity contribution is 0.186. The van der Waals surface area contributed by atoms with Crippen molar-refractivity contribution in [2.75, 3.05) is 26.7 Å². The van der Waals surface area contributed by atoms with Crippen molar-refractivity contribution in [2.45, 2.75) is 25.7 Å². The van der Waals surface area contributed by atoms with Gasteiger partial charge in [-0.05, 0) is 43.4 Å². The Morgan fingerprint density at radius 1 is 1.32 bits per heavy atom. The van der Waals surface area contributed by atoms with Crippen LogP contribution in [-0.2, 0) is 6.42 Å². The van der Waals surface area contributed by atoms with Crippen molar-refractivity contribution in [3.05, 3.63) is 30.0 Å². The fourth-order valence-corrected chi connectivity index (χ4v) is 3.10. The quantitative estimate of drug-likeness (QED) is 0.912. The van der Waals surface area contributed by atoms with Gasteiger partial charge in [0.2, 0.25) is 0 Å². The van der Waals surface area contributed by atoms with Gasteiger partial charge in [0.05, 0.1) is 7.11 Å². The standard InChI is InChI=1S/C17H23N3O2/c1-22-15-7-5-6-14-16(15)13(12-19-14)8-9-18-17(21)20-10-3-2-4-11-20/h5-7,12,19H,2-4,8-11H2,1H3,(H,18,21). The summed E-state index contributed by atoms with van der Waals surface area (Å²) in [7, 11) is 1.68. The van der Waals surface area contributed by atoms with Crippen LogP contribution >= 0.6 is 0 Å². The summed E-state index contributed by atoms with van der Waals surface area (Å²) >= 11 is 0. The van der Waals surface area contributed by atoms with Gasteiger partial charge in [-0.3, -0.25) is 0 Å². The van der Waals surface area contributed by atoms with Gasteiger partial charge in [-0.2, -0.15) is 0 Å². The number of aromatic nitrogens is 1. The molecule has 0 unspecified atom stereocenters. The summed E-state index contributed by atoms with van der Waals surface area (Å²) < 4.78 is 5.43. The second-order valence-electron chi connectivity index (χ2n) is 5.73. The summed E-state index contributed by atoms with van der Waals surface area (Å²) in [6.45, 7) is 2.40. The number of ether oxygens (including phenoxy) is 1. The van der Waals surface area contributed by atoms with Gasteiger partial charge in [0.25, 0.3) is 0 Å². The number of carbonyl (C=O) groups excluding carboxylic acids is 1. The Balaban J connectivity index is 1.61. The Morgan fingerprint density at radius 3 is 2.91 bits per heavy atom. The average molecular weight is 301 g/mol. The van der Waals surface area contributed by atoms with Gasteiger partial charge in [0, 0.05) is 36.7 Å². The molecule has 1 aliphatic heterocycles. The van der Waals surface area contributed by atoms with Crippen molar-refractivity contribution >= 4 is 16.9 Å². The van der Waals surface area contributed by atoms with E-state index in [1.807, 2.05) is 29.3 Å². The van der Waals surface area contributed by atoms with E-state index in [0.717, 1.165) is 49.0 Å². The third kappa shape index (κ3) is 3.03. The molecule has 2 heterocycles. The number of H-pyrrole nitrogens is 1. The molecule has 2 aromatic rings. The number of rotatable bonds is 4. The average Bonchev–Trinajstić information content (AvgIpc) is 2.99. The molecule has 2 N–H and O–H groups in total. The van der Waals surface area contributed by atoms with E-state index < -0.39 is 0 Å². The van der Waals surface area contributed by atoms with Crippen LogP contribution in [0.15, 0.2) is 24.4 Å². The van der Waals surface area contributed by atoms with E-state index in [1.165, 1.54) is 12.0 Å². The normalized spacial score (nSPS) is 15.0. The molecule has 2 amide bonds. The Bertz CT molecular complexity index is 644. The van der Waals surface area contributed by atoms with E-state index >= 15 is 0 Å². The summed E-state index contributed by atoms with van der Waals surface area (Å²) in [6.07, 6.45) is 6.26. The molecular formula is C17H23N3O2. The summed E-state index contributed by atoms with van der Waals surface area (Å²) in [5.41, 5.74) is 2.24. The first-order valence-corrected chi connectivity index (χ1v) is 7.95. The van der Waals surface area contributed by atoms with Crippen molar-refractivity contribution < 1.29 is 9.53 Å². The van der Waals surface area contributed by atoms with Gasteiger partial charge in [-0.25, -0.2) is 4.79 Å². The predicted octanol–water partition coefficient (Wildman–Crippen LogP) is 2.91. The number of hydrogen-bond acceptors (Lipinski definition) is 2. The molecule has 1 fully saturated rings. The number of nitrogens with one attached hydrogen (secondary N) is 2. The number of nitrogens with zero attached hydrogens (tertiary/aromatic N) is 1. The first kappa shape index (κ1) is 14.8. The topological polar surface area (TPSA) is 57.4 Å². The van der Waals surface area contributed by atoms with Crippen LogP contribution in [0.4, 0.5) is 4.79 Å². The van der Waals surface area contributed by atoms with Gasteiger partial charge in [-0.1, -0.05) is 6.07 Å². The molecule has 0 saturated carbocycles. The van der Waals surface area contributed by atoms with Crippen LogP contribution in [0.5, 0.6) is 5.75 Å². The van der Waals surface area contributed by atoms with E-state index in [1.54, 1.807) is 7.11 Å². The van der Waals surface area contributed by atoms with Crippen LogP contribution in [0.1, 0.15) is 24.8 Å². The number of hydrogen-bond donors (Lipinski definition) is 2. The number of urea groups is 1. The van der Waals surface area contributed by atoms with E-state index in [4.69, 9.17) is 4.74 Å². The van der Waals surface area contributed by atoms with Crippen LogP contribution in [-0.4, -0.2) is 42.7 Å². The molecule has 22 heavy (non-hydrogen) atoms. The lowest BCUT2D eigenvalue weighted by Gasteiger charge is -2.26. The zero-order valence-electron chi connectivity index (χ0n) is 13.0. The summed E-state index contributed by atoms with van der Waals surface area (Å²) in [6, 6.07) is 6.03. The predicted molar refractivity (Wildman–Crippen MR) is 87.4 cm³/mol. The van der Waals surface area contributed by atoms with Crippen LogP contribution in [0.25, 0.3) is 10.9 Å². The number of methoxy groups -OCH3 is 1. The fraction of sp³-hybridized carbons (Fsp3) is 0.471. The molecule has 1 saturated heterocycles. The first-order chi connectivity index (χ1) is 10.8. The molecule has 1 aliphatic rings. The van der Waals surface area contributed by atoms with E-state index in [2.05, 4.69) is 10.3 Å². The second kappa shape index (κ2) is 6.73. The molecule has 0 spiro atoms. The highest BCUT2D eigenvalue weighted by Gasteiger charge is 2.16. The highest BCUT2D eigenvalue weighted by molar-refractivity contribution is 5.89. The second-order valence-corrected chi connectivity index (χ2v) is 5.73. The summed E-state index contributed by atoms with van der Waals surface area (Å²) in [5.74, 6) is 0.871. The molecule has 0 atom stereocenters. The van der Waals surface area contributed by atoms with Crippen LogP contribution < -0.4 is 10.1 Å². The molecule has 1 aromatic heterocycles. The SMILES string of the molecule is COc1cccc2[nH]cc(CCNC(=O)N3CCCCC3)c12. The lowest BCUT2D eigenvalue weighted by atomic mass is 10.1. The van der Waals surface area contributed by atoms with Gasteiger partial charge >= 0.3 is 6.03 Å². The Hall–Kier alpha value is -2.17. The van der Waals surface area contributed by atoms with Crippen LogP contribution in [0, 0.1) is 0 Å². The summed E-state index contributed by atoms with van der Waals surface area (Å²) in [4.78, 5) is 17.3. The number of benzene rings is 1. The van der Waals surface area contributed by atoms with Crippen molar-refractivity contribution in [2.24, 2.45) is 0 Å². The maximum absolute atomic E-state index is 12.1. The fourth-order valence-electron chi connectivity index (χ4n) is 3.10. The minimum Gasteiger partial charge on any atom is -0.496 e. The largest absolute Gasteiger partial charge is 0.496 e. The number of carbonyl (C=O) groups is 1. The zero-order chi connectivity index (χ0) is 15.4. The maximum Gasteiger partial charge on any atom is 0.317 e. The van der Waals surface area contributed by atoms with Crippen LogP contribution in [0.2, 0.25) is 0 Å². The molecule has 1 aromatic carbocycles. The molecule has 0 bridgehead atoms. The molecule has 5 heteroatoms. The van der Waals surface area contributed by atoms with E-state index in [0.29, 0.717) is 6.54 Å². The molecule has 5 nitrogen and oxygen atoms in total. The number of likely N-dealkylation sites (tertiary alicyclic amines) is 1. The molecule has 118 valence electrons. The Kier molecular flexibility index (Phi) is 4.51. The lowest BCUT2D eigenvalue weighted by Crippen LogP contribution is -2.43. The third-order valence-electron chi connectivity index (χ3n) is 4.28. The number of aromatic amines is 1. The zero-order valence-corrected chi connectivity index (χ0v) is 13.0. The Labute approximate surface area is 130 Å². The van der Waals surface area contributed by atoms with Crippen molar-refractivity contribution in [1.29, 1.82) is 0 Å². The van der Waals surface area contributed by atoms with Crippen molar-refractivity contribution in [3.8, 4) is 5.75 Å². The number of fused-ring (bicyclic) bond motifs is 1. The van der Waals surface area contributed by atoms with E-state index in [-0.39, 0.29) is 6.03 Å². The third-order valence-corrected chi connectivity index (χ3v) is 4.28. The monoisotopic (exact) mass is 301 g/mol. The molecular weight excluding hydrogens is 278 g/mol. The molecule has 0 radical (unpaired) electrons.